The van der Waals surface area contributed by atoms with Crippen LogP contribution in [0.3, 0.4) is 0 Å². The number of carbonyl (C=O) groups is 1. The van der Waals surface area contributed by atoms with Crippen LogP contribution in [0.2, 0.25) is 0 Å². The average Bonchev–Trinajstić information content (AvgIpc) is 3.16. The normalized spacial score (nSPS) is 12.2. The highest BCUT2D eigenvalue weighted by Crippen LogP contribution is 2.22. The number of amides is 1. The van der Waals surface area contributed by atoms with Gasteiger partial charge in [-0.1, -0.05) is 0 Å². The number of ether oxygens (including phenoxy) is 1. The van der Waals surface area contributed by atoms with Crippen LogP contribution in [0, 0.1) is 11.2 Å². The number of carbonyl (C=O) groups excluding carboxylic acids is 1. The molecule has 4 N–H and O–H groups in total. The molecule has 0 spiro atoms. The molecule has 2 heterocycles. The Bertz CT molecular complexity index is 1110. The summed E-state index contributed by atoms with van der Waals surface area (Å²) < 4.78 is 18.9. The van der Waals surface area contributed by atoms with Gasteiger partial charge >= 0.3 is 0 Å². The summed E-state index contributed by atoms with van der Waals surface area (Å²) in [5.41, 5.74) is 2.47. The number of aromatic nitrogens is 3. The van der Waals surface area contributed by atoms with E-state index in [2.05, 4.69) is 25.6 Å². The van der Waals surface area contributed by atoms with Gasteiger partial charge in [0.05, 0.1) is 24.1 Å². The van der Waals surface area contributed by atoms with Crippen LogP contribution in [0.15, 0.2) is 30.6 Å². The highest BCUT2D eigenvalue weighted by Gasteiger charge is 2.19. The van der Waals surface area contributed by atoms with Gasteiger partial charge in [0.25, 0.3) is 5.91 Å². The smallest absolute Gasteiger partial charge is 0.255 e. The van der Waals surface area contributed by atoms with Gasteiger partial charge in [-0.05, 0) is 39.2 Å². The van der Waals surface area contributed by atoms with E-state index in [0.29, 0.717) is 41.1 Å². The molecule has 1 aromatic carbocycles. The predicted octanol–water partition coefficient (Wildman–Crippen LogP) is 2.25. The van der Waals surface area contributed by atoms with E-state index in [1.807, 2.05) is 25.9 Å². The van der Waals surface area contributed by atoms with Crippen LogP contribution in [0.25, 0.3) is 11.2 Å². The van der Waals surface area contributed by atoms with E-state index < -0.39 is 5.82 Å². The van der Waals surface area contributed by atoms with E-state index in [0.717, 1.165) is 6.54 Å². The van der Waals surface area contributed by atoms with Crippen molar-refractivity contribution >= 4 is 28.5 Å². The van der Waals surface area contributed by atoms with Gasteiger partial charge < -0.3 is 25.3 Å². The summed E-state index contributed by atoms with van der Waals surface area (Å²) in [5, 5.41) is 14.7. The maximum Gasteiger partial charge on any atom is 0.255 e. The lowest BCUT2D eigenvalue weighted by molar-refractivity contribution is 0.0907. The van der Waals surface area contributed by atoms with Crippen LogP contribution in [-0.2, 0) is 4.74 Å². The molecule has 1 amide bonds. The summed E-state index contributed by atoms with van der Waals surface area (Å²) in [6.07, 6.45) is 3.00. The summed E-state index contributed by atoms with van der Waals surface area (Å²) >= 11 is 0. The first-order valence-corrected chi connectivity index (χ1v) is 10.2. The predicted molar refractivity (Wildman–Crippen MR) is 122 cm³/mol. The maximum atomic E-state index is 13.9. The Hall–Kier alpha value is -3.37. The number of halogens is 1. The summed E-state index contributed by atoms with van der Waals surface area (Å²) in [6, 6.07) is 4.03. The summed E-state index contributed by atoms with van der Waals surface area (Å²) in [4.78, 5) is 26.4. The molecular weight excluding hydrogens is 413 g/mol. The summed E-state index contributed by atoms with van der Waals surface area (Å²) in [6.45, 7) is 3.55. The van der Waals surface area contributed by atoms with Crippen LogP contribution >= 0.6 is 0 Å². The Morgan fingerprint density at radius 3 is 2.84 bits per heavy atom. The molecule has 0 aliphatic heterocycles. The number of hydrogen-bond donors (Lipinski definition) is 4. The van der Waals surface area contributed by atoms with Crippen molar-refractivity contribution in [2.24, 2.45) is 0 Å². The van der Waals surface area contributed by atoms with E-state index in [1.54, 1.807) is 19.4 Å². The van der Waals surface area contributed by atoms with Gasteiger partial charge in [-0.25, -0.2) is 14.4 Å². The van der Waals surface area contributed by atoms with Gasteiger partial charge in [-0.3, -0.25) is 10.2 Å². The first-order chi connectivity index (χ1) is 15.3. The topological polar surface area (TPSA) is 119 Å². The van der Waals surface area contributed by atoms with Gasteiger partial charge in [0, 0.05) is 43.7 Å². The zero-order chi connectivity index (χ0) is 23.3. The average molecular weight is 442 g/mol. The number of rotatable bonds is 10. The second-order valence-electron chi connectivity index (χ2n) is 7.78. The number of H-pyrrole nitrogens is 1. The van der Waals surface area contributed by atoms with Crippen molar-refractivity contribution < 1.29 is 13.9 Å². The first kappa shape index (κ1) is 23.3. The van der Waals surface area contributed by atoms with Crippen molar-refractivity contribution in [2.45, 2.75) is 13.0 Å². The number of likely N-dealkylation sites (N-methyl/N-ethyl adjacent to an activating group) is 1. The fraction of sp³-hybridized carbons (Fsp3) is 0.364. The Morgan fingerprint density at radius 1 is 1.34 bits per heavy atom. The molecule has 0 saturated carbocycles. The number of methoxy groups -OCH3 is 1. The van der Waals surface area contributed by atoms with E-state index in [-0.39, 0.29) is 23.4 Å². The highest BCUT2D eigenvalue weighted by molar-refractivity contribution is 6.14. The largest absolute Gasteiger partial charge is 0.383 e. The van der Waals surface area contributed by atoms with E-state index >= 15 is 0 Å². The van der Waals surface area contributed by atoms with Crippen molar-refractivity contribution in [3.05, 3.63) is 53.2 Å². The maximum absolute atomic E-state index is 13.9. The zero-order valence-electron chi connectivity index (χ0n) is 18.6. The van der Waals surface area contributed by atoms with E-state index in [1.165, 1.54) is 18.3 Å². The molecule has 0 aliphatic carbocycles. The van der Waals surface area contributed by atoms with Crippen molar-refractivity contribution in [2.75, 3.05) is 46.2 Å². The third-order valence-corrected chi connectivity index (χ3v) is 4.80. The molecule has 3 rings (SSSR count). The molecule has 9 nitrogen and oxygen atoms in total. The molecular formula is C22H28FN7O2. The monoisotopic (exact) mass is 441 g/mol. The molecule has 0 radical (unpaired) electrons. The molecule has 1 unspecified atom stereocenters. The minimum absolute atomic E-state index is 0.0760. The lowest BCUT2D eigenvalue weighted by Gasteiger charge is -2.15. The number of fused-ring (bicyclic) bond motifs is 1. The fourth-order valence-corrected chi connectivity index (χ4v) is 3.21. The van der Waals surface area contributed by atoms with E-state index in [9.17, 15) is 9.18 Å². The number of hydrogen-bond acceptors (Lipinski definition) is 7. The third kappa shape index (κ3) is 5.45. The van der Waals surface area contributed by atoms with Crippen molar-refractivity contribution in [3.8, 4) is 0 Å². The molecule has 0 bridgehead atoms. The van der Waals surface area contributed by atoms with Gasteiger partial charge in [0.1, 0.15) is 17.0 Å². The van der Waals surface area contributed by atoms with Crippen LogP contribution in [-0.4, -0.2) is 78.4 Å². The van der Waals surface area contributed by atoms with Gasteiger partial charge in [-0.2, -0.15) is 0 Å². The lowest BCUT2D eigenvalue weighted by atomic mass is 10.0. The SMILES string of the molecule is COCC(C)NC(=O)c1c[nH]c2ncc(C(=N)c3ccc(F)cc3NCCN(C)C)nc12. The molecule has 0 saturated heterocycles. The Morgan fingerprint density at radius 2 is 2.12 bits per heavy atom. The van der Waals surface area contributed by atoms with Crippen molar-refractivity contribution in [1.82, 2.24) is 25.2 Å². The molecule has 0 fully saturated rings. The molecule has 2 aromatic heterocycles. The summed E-state index contributed by atoms with van der Waals surface area (Å²) in [7, 11) is 5.46. The Labute approximate surface area is 185 Å². The van der Waals surface area contributed by atoms with Crippen molar-refractivity contribution in [1.29, 1.82) is 5.41 Å². The Balaban J connectivity index is 1.90. The second-order valence-corrected chi connectivity index (χ2v) is 7.78. The van der Waals surface area contributed by atoms with Gasteiger partial charge in [0.15, 0.2) is 5.65 Å². The molecule has 1 atom stereocenters. The second kappa shape index (κ2) is 10.3. The zero-order valence-corrected chi connectivity index (χ0v) is 18.6. The van der Waals surface area contributed by atoms with Crippen LogP contribution < -0.4 is 10.6 Å². The number of anilines is 1. The lowest BCUT2D eigenvalue weighted by Crippen LogP contribution is -2.35. The minimum atomic E-state index is -0.398. The van der Waals surface area contributed by atoms with Crippen LogP contribution in [0.5, 0.6) is 0 Å². The quantitative estimate of drug-likeness (QED) is 0.358. The third-order valence-electron chi connectivity index (χ3n) is 4.80. The standard InChI is InChI=1S/C22H28FN7O2/c1-13(12-32-4)28-22(31)16-10-26-21-20(16)29-18(11-27-21)19(24)15-6-5-14(23)9-17(15)25-7-8-30(2)3/h5-6,9-11,13,24-25H,7-8,12H2,1-4H3,(H,26,27)(H,28,31). The fourth-order valence-electron chi connectivity index (χ4n) is 3.21. The minimum Gasteiger partial charge on any atom is -0.383 e. The molecule has 170 valence electrons. The Kier molecular flexibility index (Phi) is 7.49. The number of benzene rings is 1. The molecule has 0 aliphatic rings. The van der Waals surface area contributed by atoms with Gasteiger partial charge in [0.2, 0.25) is 0 Å². The molecule has 32 heavy (non-hydrogen) atoms. The first-order valence-electron chi connectivity index (χ1n) is 10.2. The van der Waals surface area contributed by atoms with Crippen molar-refractivity contribution in [3.63, 3.8) is 0 Å². The van der Waals surface area contributed by atoms with Crippen LogP contribution in [0.4, 0.5) is 10.1 Å². The highest BCUT2D eigenvalue weighted by atomic mass is 19.1. The number of nitrogens with zero attached hydrogens (tertiary/aromatic N) is 3. The number of aromatic amines is 1. The van der Waals surface area contributed by atoms with E-state index in [4.69, 9.17) is 10.1 Å². The molecule has 10 heteroatoms. The number of nitrogens with one attached hydrogen (secondary N) is 4. The molecule has 3 aromatic rings. The van der Waals surface area contributed by atoms with Gasteiger partial charge in [-0.15, -0.1) is 0 Å². The summed E-state index contributed by atoms with van der Waals surface area (Å²) in [5.74, 6) is -0.711. The van der Waals surface area contributed by atoms with Crippen LogP contribution in [0.1, 0.15) is 28.5 Å².